The highest BCUT2D eigenvalue weighted by Gasteiger charge is 1.97. The largest absolute Gasteiger partial charge is 0.0607 e. The van der Waals surface area contributed by atoms with Crippen molar-refractivity contribution in [3.8, 4) is 0 Å². The molecule has 0 heterocycles. The molecule has 0 N–H and O–H groups in total. The maximum Gasteiger partial charge on any atom is 0.0415 e. The molecule has 1 aromatic carbocycles. The normalized spacial score (nSPS) is 8.91. The highest BCUT2D eigenvalue weighted by Crippen LogP contribution is 2.25. The lowest BCUT2D eigenvalue weighted by atomic mass is 10.2. The molecular weight excluding hydrogens is 206 g/mol. The summed E-state index contributed by atoms with van der Waals surface area (Å²) in [5.41, 5.74) is 9.81. The molecule has 0 atom stereocenters. The lowest BCUT2D eigenvalue weighted by molar-refractivity contribution is 1.35. The fraction of sp³-hybridized carbons (Fsp3) is 0.143. The van der Waals surface area contributed by atoms with Gasteiger partial charge in [0.25, 0.3) is 0 Å². The van der Waals surface area contributed by atoms with Gasteiger partial charge in [-0.25, -0.2) is 0 Å². The summed E-state index contributed by atoms with van der Waals surface area (Å²) in [6, 6.07) is 5.52. The van der Waals surface area contributed by atoms with Crippen LogP contribution >= 0.6 is 15.9 Å². The molecular formula is C7H6BrN3. The third-order valence-electron chi connectivity index (χ3n) is 1.39. The molecule has 56 valence electrons. The Hall–Kier alpha value is -0.990. The lowest BCUT2D eigenvalue weighted by Crippen LogP contribution is -1.74. The van der Waals surface area contributed by atoms with Crippen LogP contribution in [0.25, 0.3) is 10.4 Å². The number of halogens is 1. The van der Waals surface area contributed by atoms with Crippen molar-refractivity contribution in [3.63, 3.8) is 0 Å². The maximum atomic E-state index is 8.18. The molecule has 0 aliphatic rings. The first-order valence-corrected chi connectivity index (χ1v) is 3.85. The van der Waals surface area contributed by atoms with Gasteiger partial charge in [-0.1, -0.05) is 33.2 Å². The minimum atomic E-state index is 0.668. The van der Waals surface area contributed by atoms with Crippen molar-refractivity contribution in [1.82, 2.24) is 0 Å². The number of nitrogens with zero attached hydrogens (tertiary/aromatic N) is 3. The van der Waals surface area contributed by atoms with Crippen molar-refractivity contribution >= 4 is 21.6 Å². The molecule has 0 radical (unpaired) electrons. The van der Waals surface area contributed by atoms with Gasteiger partial charge in [0.1, 0.15) is 0 Å². The molecule has 4 heteroatoms. The van der Waals surface area contributed by atoms with Crippen LogP contribution in [0.1, 0.15) is 5.56 Å². The minimum absolute atomic E-state index is 0.668. The third kappa shape index (κ3) is 1.73. The number of hydrogen-bond acceptors (Lipinski definition) is 1. The standard InChI is InChI=1S/C7H6BrN3/c1-5-6(8)3-2-4-7(5)10-11-9/h2-4H,1H3. The van der Waals surface area contributed by atoms with Crippen LogP contribution in [0.3, 0.4) is 0 Å². The van der Waals surface area contributed by atoms with Gasteiger partial charge in [-0.05, 0) is 24.1 Å². The van der Waals surface area contributed by atoms with Gasteiger partial charge in [0.05, 0.1) is 0 Å². The first kappa shape index (κ1) is 8.11. The van der Waals surface area contributed by atoms with Gasteiger partial charge in [-0.3, -0.25) is 0 Å². The summed E-state index contributed by atoms with van der Waals surface area (Å²) >= 11 is 3.33. The van der Waals surface area contributed by atoms with Gasteiger partial charge in [0.15, 0.2) is 0 Å². The lowest BCUT2D eigenvalue weighted by Gasteiger charge is -1.99. The Morgan fingerprint density at radius 1 is 1.55 bits per heavy atom. The molecule has 3 nitrogen and oxygen atoms in total. The molecule has 0 aliphatic carbocycles. The summed E-state index contributed by atoms with van der Waals surface area (Å²) in [5.74, 6) is 0. The Balaban J connectivity index is 3.26. The molecule has 1 aromatic rings. The van der Waals surface area contributed by atoms with Gasteiger partial charge >= 0.3 is 0 Å². The van der Waals surface area contributed by atoms with Crippen molar-refractivity contribution in [2.45, 2.75) is 6.92 Å². The highest BCUT2D eigenvalue weighted by molar-refractivity contribution is 9.10. The molecule has 0 spiro atoms. The second-order valence-electron chi connectivity index (χ2n) is 2.07. The van der Waals surface area contributed by atoms with E-state index >= 15 is 0 Å². The number of hydrogen-bond donors (Lipinski definition) is 0. The maximum absolute atomic E-state index is 8.18. The second-order valence-corrected chi connectivity index (χ2v) is 2.93. The summed E-state index contributed by atoms with van der Waals surface area (Å²) < 4.78 is 0.961. The quantitative estimate of drug-likeness (QED) is 0.387. The zero-order valence-corrected chi connectivity index (χ0v) is 7.54. The first-order valence-electron chi connectivity index (χ1n) is 3.06. The minimum Gasteiger partial charge on any atom is -0.0607 e. The monoisotopic (exact) mass is 211 g/mol. The van der Waals surface area contributed by atoms with E-state index in [2.05, 4.69) is 26.0 Å². The van der Waals surface area contributed by atoms with E-state index in [4.69, 9.17) is 5.53 Å². The number of azide groups is 1. The van der Waals surface area contributed by atoms with Crippen molar-refractivity contribution in [3.05, 3.63) is 38.7 Å². The van der Waals surface area contributed by atoms with E-state index in [9.17, 15) is 0 Å². The van der Waals surface area contributed by atoms with E-state index in [0.29, 0.717) is 5.69 Å². The predicted octanol–water partition coefficient (Wildman–Crippen LogP) is 3.70. The van der Waals surface area contributed by atoms with Crippen molar-refractivity contribution < 1.29 is 0 Å². The van der Waals surface area contributed by atoms with Gasteiger partial charge in [0, 0.05) is 15.1 Å². The predicted molar refractivity (Wildman–Crippen MR) is 47.7 cm³/mol. The zero-order valence-electron chi connectivity index (χ0n) is 5.95. The van der Waals surface area contributed by atoms with Crippen LogP contribution in [0.15, 0.2) is 27.8 Å². The molecule has 0 fully saturated rings. The molecule has 0 saturated heterocycles. The smallest absolute Gasteiger partial charge is 0.0415 e. The van der Waals surface area contributed by atoms with Crippen LogP contribution in [-0.2, 0) is 0 Å². The van der Waals surface area contributed by atoms with E-state index in [-0.39, 0.29) is 0 Å². The Morgan fingerprint density at radius 3 is 2.91 bits per heavy atom. The average molecular weight is 212 g/mol. The second kappa shape index (κ2) is 3.42. The summed E-state index contributed by atoms with van der Waals surface area (Å²) in [5, 5.41) is 3.52. The average Bonchev–Trinajstić information content (AvgIpc) is 1.99. The number of benzene rings is 1. The van der Waals surface area contributed by atoms with Crippen molar-refractivity contribution in [1.29, 1.82) is 0 Å². The van der Waals surface area contributed by atoms with E-state index < -0.39 is 0 Å². The van der Waals surface area contributed by atoms with Crippen LogP contribution < -0.4 is 0 Å². The fourth-order valence-corrected chi connectivity index (χ4v) is 1.11. The first-order chi connectivity index (χ1) is 5.25. The van der Waals surface area contributed by atoms with Crippen molar-refractivity contribution in [2.75, 3.05) is 0 Å². The Kier molecular flexibility index (Phi) is 2.52. The summed E-state index contributed by atoms with van der Waals surface area (Å²) in [4.78, 5) is 2.71. The topological polar surface area (TPSA) is 48.8 Å². The molecule has 0 aliphatic heterocycles. The van der Waals surface area contributed by atoms with E-state index in [1.165, 1.54) is 0 Å². The SMILES string of the molecule is Cc1c(Br)cccc1N=[N+]=[N-]. The summed E-state index contributed by atoms with van der Waals surface area (Å²) in [6.45, 7) is 1.90. The molecule has 0 bridgehead atoms. The van der Waals surface area contributed by atoms with Crippen LogP contribution in [0, 0.1) is 6.92 Å². The van der Waals surface area contributed by atoms with E-state index in [0.717, 1.165) is 10.0 Å². The molecule has 11 heavy (non-hydrogen) atoms. The highest BCUT2D eigenvalue weighted by atomic mass is 79.9. The van der Waals surface area contributed by atoms with E-state index in [1.54, 1.807) is 6.07 Å². The summed E-state index contributed by atoms with van der Waals surface area (Å²) in [7, 11) is 0. The van der Waals surface area contributed by atoms with Gasteiger partial charge in [-0.2, -0.15) is 0 Å². The Bertz CT molecular complexity index is 315. The van der Waals surface area contributed by atoms with E-state index in [1.807, 2.05) is 19.1 Å². The Labute approximate surface area is 72.8 Å². The fourth-order valence-electron chi connectivity index (χ4n) is 0.753. The van der Waals surface area contributed by atoms with Gasteiger partial charge in [-0.15, -0.1) is 0 Å². The molecule has 0 saturated carbocycles. The summed E-state index contributed by atoms with van der Waals surface area (Å²) in [6.07, 6.45) is 0. The Morgan fingerprint density at radius 2 is 2.27 bits per heavy atom. The van der Waals surface area contributed by atoms with Crippen LogP contribution in [0.5, 0.6) is 0 Å². The zero-order chi connectivity index (χ0) is 8.27. The molecule has 0 unspecified atom stereocenters. The van der Waals surface area contributed by atoms with Crippen LogP contribution in [-0.4, -0.2) is 0 Å². The molecule has 0 amide bonds. The van der Waals surface area contributed by atoms with Gasteiger partial charge < -0.3 is 0 Å². The number of rotatable bonds is 1. The molecule has 1 rings (SSSR count). The molecule has 0 aromatic heterocycles. The van der Waals surface area contributed by atoms with Crippen LogP contribution in [0.4, 0.5) is 5.69 Å². The van der Waals surface area contributed by atoms with Crippen LogP contribution in [0.2, 0.25) is 0 Å². The van der Waals surface area contributed by atoms with Gasteiger partial charge in [0.2, 0.25) is 0 Å². The third-order valence-corrected chi connectivity index (χ3v) is 2.25. The van der Waals surface area contributed by atoms with Crippen molar-refractivity contribution in [2.24, 2.45) is 5.11 Å².